The van der Waals surface area contributed by atoms with Gasteiger partial charge in [-0.3, -0.25) is 4.68 Å². The first kappa shape index (κ1) is 10.8. The summed E-state index contributed by atoms with van der Waals surface area (Å²) in [6.07, 6.45) is 4.28. The standard InChI is InChI=1S/C10H16N2O2/c1-4-9(10(13)14-5-2)12-7-8(3)6-11-12/h6-7,9H,4-5H2,1-3H3/t9-/m1/s1. The maximum absolute atomic E-state index is 11.5. The molecule has 0 spiro atoms. The van der Waals surface area contributed by atoms with Crippen molar-refractivity contribution in [1.82, 2.24) is 9.78 Å². The smallest absolute Gasteiger partial charge is 0.330 e. The lowest BCUT2D eigenvalue weighted by molar-refractivity contribution is -0.147. The van der Waals surface area contributed by atoms with Gasteiger partial charge in [0.25, 0.3) is 0 Å². The van der Waals surface area contributed by atoms with Crippen molar-refractivity contribution in [3.05, 3.63) is 18.0 Å². The molecule has 4 heteroatoms. The predicted octanol–water partition coefficient (Wildman–Crippen LogP) is 1.71. The molecule has 0 N–H and O–H groups in total. The average Bonchev–Trinajstić information content (AvgIpc) is 2.54. The summed E-state index contributed by atoms with van der Waals surface area (Å²) in [5.41, 5.74) is 1.05. The van der Waals surface area contributed by atoms with Crippen LogP contribution < -0.4 is 0 Å². The van der Waals surface area contributed by atoms with Gasteiger partial charge in [0.15, 0.2) is 0 Å². The Labute approximate surface area is 83.9 Å². The Morgan fingerprint density at radius 3 is 2.79 bits per heavy atom. The van der Waals surface area contributed by atoms with Crippen molar-refractivity contribution in [2.24, 2.45) is 0 Å². The monoisotopic (exact) mass is 196 g/mol. The van der Waals surface area contributed by atoms with Crippen molar-refractivity contribution in [2.75, 3.05) is 6.61 Å². The molecule has 1 atom stereocenters. The van der Waals surface area contributed by atoms with Gasteiger partial charge in [-0.2, -0.15) is 5.10 Å². The number of carbonyl (C=O) groups is 1. The molecule has 0 bridgehead atoms. The van der Waals surface area contributed by atoms with Crippen molar-refractivity contribution in [3.8, 4) is 0 Å². The molecule has 1 heterocycles. The number of ether oxygens (including phenoxy) is 1. The highest BCUT2D eigenvalue weighted by atomic mass is 16.5. The van der Waals surface area contributed by atoms with E-state index in [1.54, 1.807) is 17.8 Å². The van der Waals surface area contributed by atoms with Crippen LogP contribution in [-0.2, 0) is 9.53 Å². The van der Waals surface area contributed by atoms with Crippen LogP contribution in [0.3, 0.4) is 0 Å². The van der Waals surface area contributed by atoms with Crippen LogP contribution in [0.25, 0.3) is 0 Å². The Morgan fingerprint density at radius 2 is 2.36 bits per heavy atom. The lowest BCUT2D eigenvalue weighted by Gasteiger charge is -2.13. The van der Waals surface area contributed by atoms with Crippen LogP contribution in [0.4, 0.5) is 0 Å². The number of rotatable bonds is 4. The van der Waals surface area contributed by atoms with E-state index in [4.69, 9.17) is 4.74 Å². The average molecular weight is 196 g/mol. The Morgan fingerprint density at radius 1 is 1.64 bits per heavy atom. The van der Waals surface area contributed by atoms with Crippen molar-refractivity contribution >= 4 is 5.97 Å². The van der Waals surface area contributed by atoms with E-state index in [0.717, 1.165) is 5.56 Å². The van der Waals surface area contributed by atoms with Crippen LogP contribution in [0.1, 0.15) is 31.9 Å². The van der Waals surface area contributed by atoms with Gasteiger partial charge in [-0.1, -0.05) is 6.92 Å². The van der Waals surface area contributed by atoms with E-state index >= 15 is 0 Å². The summed E-state index contributed by atoms with van der Waals surface area (Å²) in [6, 6.07) is -0.288. The summed E-state index contributed by atoms with van der Waals surface area (Å²) >= 11 is 0. The largest absolute Gasteiger partial charge is 0.464 e. The summed E-state index contributed by atoms with van der Waals surface area (Å²) < 4.78 is 6.62. The minimum Gasteiger partial charge on any atom is -0.464 e. The van der Waals surface area contributed by atoms with Gasteiger partial charge >= 0.3 is 5.97 Å². The number of esters is 1. The molecule has 4 nitrogen and oxygen atoms in total. The van der Waals surface area contributed by atoms with Gasteiger partial charge in [-0.15, -0.1) is 0 Å². The van der Waals surface area contributed by atoms with Gasteiger partial charge in [0.2, 0.25) is 0 Å². The molecule has 0 saturated heterocycles. The summed E-state index contributed by atoms with van der Waals surface area (Å²) in [5, 5.41) is 4.11. The minimum absolute atomic E-state index is 0.210. The number of carbonyl (C=O) groups excluding carboxylic acids is 1. The topological polar surface area (TPSA) is 44.1 Å². The van der Waals surface area contributed by atoms with E-state index in [0.29, 0.717) is 13.0 Å². The molecule has 1 rings (SSSR count). The Balaban J connectivity index is 2.76. The van der Waals surface area contributed by atoms with Crippen LogP contribution in [0.5, 0.6) is 0 Å². The molecule has 0 fully saturated rings. The second kappa shape index (κ2) is 4.79. The van der Waals surface area contributed by atoms with Crippen LogP contribution in [0.15, 0.2) is 12.4 Å². The Kier molecular flexibility index (Phi) is 3.68. The first-order valence-electron chi connectivity index (χ1n) is 4.86. The highest BCUT2D eigenvalue weighted by molar-refractivity contribution is 5.73. The number of nitrogens with zero attached hydrogens (tertiary/aromatic N) is 2. The molecule has 0 aliphatic heterocycles. The van der Waals surface area contributed by atoms with Gasteiger partial charge in [-0.25, -0.2) is 4.79 Å². The third kappa shape index (κ3) is 2.34. The number of hydrogen-bond acceptors (Lipinski definition) is 3. The minimum atomic E-state index is -0.288. The van der Waals surface area contributed by atoms with Crippen molar-refractivity contribution in [1.29, 1.82) is 0 Å². The Hall–Kier alpha value is -1.32. The first-order valence-corrected chi connectivity index (χ1v) is 4.86. The van der Waals surface area contributed by atoms with Gasteiger partial charge in [-0.05, 0) is 25.8 Å². The third-order valence-electron chi connectivity index (χ3n) is 2.00. The zero-order valence-corrected chi connectivity index (χ0v) is 8.86. The zero-order valence-electron chi connectivity index (χ0n) is 8.86. The van der Waals surface area contributed by atoms with E-state index in [2.05, 4.69) is 5.10 Å². The molecule has 0 aliphatic carbocycles. The van der Waals surface area contributed by atoms with E-state index in [-0.39, 0.29) is 12.0 Å². The van der Waals surface area contributed by atoms with E-state index < -0.39 is 0 Å². The summed E-state index contributed by atoms with van der Waals surface area (Å²) in [4.78, 5) is 11.5. The fourth-order valence-corrected chi connectivity index (χ4v) is 1.30. The predicted molar refractivity (Wildman–Crippen MR) is 52.9 cm³/mol. The molecule has 0 saturated carbocycles. The summed E-state index contributed by atoms with van der Waals surface area (Å²) in [7, 11) is 0. The van der Waals surface area contributed by atoms with Gasteiger partial charge in [0.1, 0.15) is 6.04 Å². The molecule has 0 aliphatic rings. The number of aryl methyl sites for hydroxylation is 1. The Bertz CT molecular complexity index is 307. The lowest BCUT2D eigenvalue weighted by Crippen LogP contribution is -2.21. The van der Waals surface area contributed by atoms with E-state index in [9.17, 15) is 4.79 Å². The van der Waals surface area contributed by atoms with E-state index in [1.807, 2.05) is 20.0 Å². The molecular weight excluding hydrogens is 180 g/mol. The highest BCUT2D eigenvalue weighted by Gasteiger charge is 2.19. The van der Waals surface area contributed by atoms with Crippen LogP contribution in [0.2, 0.25) is 0 Å². The molecule has 0 unspecified atom stereocenters. The maximum atomic E-state index is 11.5. The normalized spacial score (nSPS) is 12.5. The fourth-order valence-electron chi connectivity index (χ4n) is 1.30. The van der Waals surface area contributed by atoms with Gasteiger partial charge in [0, 0.05) is 6.20 Å². The lowest BCUT2D eigenvalue weighted by atomic mass is 10.2. The maximum Gasteiger partial charge on any atom is 0.330 e. The third-order valence-corrected chi connectivity index (χ3v) is 2.00. The van der Waals surface area contributed by atoms with Gasteiger partial charge < -0.3 is 4.74 Å². The molecule has 0 aromatic carbocycles. The SMILES string of the molecule is CCOC(=O)[C@@H](CC)n1cc(C)cn1. The number of hydrogen-bond donors (Lipinski definition) is 0. The molecule has 1 aromatic rings. The molecule has 1 aromatic heterocycles. The second-order valence-corrected chi connectivity index (χ2v) is 3.17. The zero-order chi connectivity index (χ0) is 10.6. The molecule has 0 radical (unpaired) electrons. The van der Waals surface area contributed by atoms with Crippen molar-refractivity contribution < 1.29 is 9.53 Å². The first-order chi connectivity index (χ1) is 6.69. The van der Waals surface area contributed by atoms with Crippen LogP contribution in [-0.4, -0.2) is 22.4 Å². The highest BCUT2D eigenvalue weighted by Crippen LogP contribution is 2.12. The van der Waals surface area contributed by atoms with E-state index in [1.165, 1.54) is 0 Å². The van der Waals surface area contributed by atoms with Crippen LogP contribution >= 0.6 is 0 Å². The molecule has 0 amide bonds. The van der Waals surface area contributed by atoms with Crippen LogP contribution in [0, 0.1) is 6.92 Å². The second-order valence-electron chi connectivity index (χ2n) is 3.17. The quantitative estimate of drug-likeness (QED) is 0.688. The molecular formula is C10H16N2O2. The number of aromatic nitrogens is 2. The van der Waals surface area contributed by atoms with Crippen molar-refractivity contribution in [3.63, 3.8) is 0 Å². The summed E-state index contributed by atoms with van der Waals surface area (Å²) in [5.74, 6) is -0.210. The summed E-state index contributed by atoms with van der Waals surface area (Å²) in [6.45, 7) is 6.11. The molecule has 78 valence electrons. The van der Waals surface area contributed by atoms with Gasteiger partial charge in [0.05, 0.1) is 12.8 Å². The molecule has 14 heavy (non-hydrogen) atoms. The fraction of sp³-hybridized carbons (Fsp3) is 0.600. The van der Waals surface area contributed by atoms with Crippen molar-refractivity contribution in [2.45, 2.75) is 33.2 Å².